The number of hydrogen-bond donors (Lipinski definition) is 2. The maximum atomic E-state index is 12.8. The number of anilines is 2. The Balaban J connectivity index is 1.26. The highest BCUT2D eigenvalue weighted by Crippen LogP contribution is 2.46. The van der Waals surface area contributed by atoms with Gasteiger partial charge in [-0.05, 0) is 58.2 Å². The molecule has 9 nitrogen and oxygen atoms in total. The van der Waals surface area contributed by atoms with Gasteiger partial charge in [0.05, 0.1) is 18.1 Å². The molecular weight excluding hydrogens is 456 g/mol. The summed E-state index contributed by atoms with van der Waals surface area (Å²) in [5, 5.41) is 14.4. The van der Waals surface area contributed by atoms with Gasteiger partial charge in [-0.25, -0.2) is 9.97 Å². The van der Waals surface area contributed by atoms with Crippen molar-refractivity contribution in [3.8, 4) is 0 Å². The topological polar surface area (TPSA) is 94.1 Å². The molecule has 3 fully saturated rings. The zero-order valence-electron chi connectivity index (χ0n) is 21.6. The van der Waals surface area contributed by atoms with Gasteiger partial charge in [0.15, 0.2) is 6.35 Å². The summed E-state index contributed by atoms with van der Waals surface area (Å²) in [6.45, 7) is 1.92. The molecule has 3 heterocycles. The average Bonchev–Trinajstić information content (AvgIpc) is 3.24. The van der Waals surface area contributed by atoms with Crippen LogP contribution >= 0.6 is 0 Å². The Hall–Kier alpha value is -2.59. The van der Waals surface area contributed by atoms with Crippen molar-refractivity contribution in [2.45, 2.75) is 56.0 Å². The lowest BCUT2D eigenvalue weighted by atomic mass is 9.69. The molecule has 1 aromatic carbocycles. The van der Waals surface area contributed by atoms with Gasteiger partial charge in [-0.1, -0.05) is 30.3 Å². The van der Waals surface area contributed by atoms with Gasteiger partial charge in [0, 0.05) is 43.8 Å². The molecular formula is C27H38N6O3. The molecule has 0 radical (unpaired) electrons. The van der Waals surface area contributed by atoms with E-state index in [9.17, 15) is 9.90 Å². The van der Waals surface area contributed by atoms with Crippen LogP contribution in [0.5, 0.6) is 0 Å². The van der Waals surface area contributed by atoms with Crippen molar-refractivity contribution in [2.24, 2.45) is 5.92 Å². The number of carbonyl (C=O) groups is 1. The summed E-state index contributed by atoms with van der Waals surface area (Å²) in [6.07, 6.45) is 7.99. The number of hydrogen-bond acceptors (Lipinski definition) is 8. The molecule has 9 heteroatoms. The Morgan fingerprint density at radius 1 is 1.06 bits per heavy atom. The van der Waals surface area contributed by atoms with Crippen LogP contribution in [0.25, 0.3) is 0 Å². The van der Waals surface area contributed by atoms with Crippen LogP contribution in [0, 0.1) is 5.92 Å². The van der Waals surface area contributed by atoms with Crippen LogP contribution in [-0.2, 0) is 15.1 Å². The predicted octanol–water partition coefficient (Wildman–Crippen LogP) is 2.32. The van der Waals surface area contributed by atoms with Gasteiger partial charge in [-0.3, -0.25) is 19.9 Å². The Bertz CT molecular complexity index is 1030. The first-order valence-corrected chi connectivity index (χ1v) is 13.0. The first kappa shape index (κ1) is 25.1. The van der Waals surface area contributed by atoms with E-state index in [0.29, 0.717) is 25.7 Å². The molecule has 3 aliphatic rings. The molecule has 1 aromatic heterocycles. The third-order valence-electron chi connectivity index (χ3n) is 8.56. The zero-order valence-corrected chi connectivity index (χ0v) is 21.6. The van der Waals surface area contributed by atoms with E-state index in [0.717, 1.165) is 44.2 Å². The number of nitrogens with one attached hydrogen (secondary N) is 1. The van der Waals surface area contributed by atoms with Gasteiger partial charge in [0.2, 0.25) is 11.9 Å². The molecule has 36 heavy (non-hydrogen) atoms. The van der Waals surface area contributed by atoms with Crippen LogP contribution in [0.2, 0.25) is 0 Å². The molecule has 1 saturated carbocycles. The van der Waals surface area contributed by atoms with Gasteiger partial charge < -0.3 is 14.7 Å². The van der Waals surface area contributed by atoms with Crippen molar-refractivity contribution in [2.75, 3.05) is 50.7 Å². The normalized spacial score (nSPS) is 29.1. The molecule has 1 amide bonds. The van der Waals surface area contributed by atoms with E-state index in [2.05, 4.69) is 64.6 Å². The Kier molecular flexibility index (Phi) is 7.00. The van der Waals surface area contributed by atoms with E-state index in [-0.39, 0.29) is 22.9 Å². The lowest BCUT2D eigenvalue weighted by Gasteiger charge is -2.49. The summed E-state index contributed by atoms with van der Waals surface area (Å²) in [5.41, 5.74) is 1.93. The van der Waals surface area contributed by atoms with E-state index < -0.39 is 6.35 Å². The highest BCUT2D eigenvalue weighted by atomic mass is 16.5. The van der Waals surface area contributed by atoms with Crippen molar-refractivity contribution in [3.05, 3.63) is 48.3 Å². The van der Waals surface area contributed by atoms with E-state index in [1.165, 1.54) is 10.5 Å². The monoisotopic (exact) mass is 494 g/mol. The van der Waals surface area contributed by atoms with Crippen LogP contribution in [-0.4, -0.2) is 78.7 Å². The minimum atomic E-state index is -0.801. The zero-order chi connectivity index (χ0) is 25.3. The van der Waals surface area contributed by atoms with E-state index >= 15 is 0 Å². The molecule has 2 aromatic rings. The van der Waals surface area contributed by atoms with Gasteiger partial charge >= 0.3 is 0 Å². The number of carbonyl (C=O) groups excluding carboxylic acids is 1. The SMILES string of the molecule is CN(C(=O)C1CCOCC1)c1ncc(N2CC3(CCC(c4ccccc4)(N(C)C)CC3)NC2O)cn1. The fraction of sp³-hybridized carbons (Fsp3) is 0.593. The number of benzene rings is 1. The fourth-order valence-corrected chi connectivity index (χ4v) is 6.18. The molecule has 1 aliphatic carbocycles. The van der Waals surface area contributed by atoms with Crippen molar-refractivity contribution in [3.63, 3.8) is 0 Å². The van der Waals surface area contributed by atoms with E-state index in [4.69, 9.17) is 4.74 Å². The van der Waals surface area contributed by atoms with Crippen molar-refractivity contribution in [1.82, 2.24) is 20.2 Å². The molecule has 2 N–H and O–H groups in total. The van der Waals surface area contributed by atoms with Crippen LogP contribution in [0.15, 0.2) is 42.7 Å². The molecule has 1 unspecified atom stereocenters. The minimum absolute atomic E-state index is 0.00109. The second-order valence-corrected chi connectivity index (χ2v) is 10.7. The standard InChI is InChI=1S/C27H38N6O3/c1-31(2)27(21-7-5-4-6-8-21)13-11-26(12-14-27)19-33(25(35)30-26)22-17-28-24(29-18-22)32(3)23(34)20-9-15-36-16-10-20/h4-8,17-18,20,25,30,35H,9-16,19H2,1-3H3. The minimum Gasteiger partial charge on any atom is -0.381 e. The lowest BCUT2D eigenvalue weighted by molar-refractivity contribution is -0.124. The number of amides is 1. The number of aliphatic hydroxyl groups is 1. The molecule has 2 saturated heterocycles. The third kappa shape index (κ3) is 4.61. The van der Waals surface area contributed by atoms with E-state index in [1.807, 2.05) is 4.90 Å². The van der Waals surface area contributed by atoms with Gasteiger partial charge in [0.1, 0.15) is 0 Å². The highest BCUT2D eigenvalue weighted by Gasteiger charge is 2.50. The Labute approximate surface area is 213 Å². The number of aliphatic hydroxyl groups excluding tert-OH is 1. The summed E-state index contributed by atoms with van der Waals surface area (Å²) >= 11 is 0. The lowest BCUT2D eigenvalue weighted by Crippen LogP contribution is -2.54. The largest absolute Gasteiger partial charge is 0.381 e. The highest BCUT2D eigenvalue weighted by molar-refractivity contribution is 5.92. The quantitative estimate of drug-likeness (QED) is 0.654. The number of ether oxygens (including phenoxy) is 1. The average molecular weight is 495 g/mol. The van der Waals surface area contributed by atoms with Gasteiger partial charge in [0.25, 0.3) is 0 Å². The second-order valence-electron chi connectivity index (χ2n) is 10.7. The summed E-state index contributed by atoms with van der Waals surface area (Å²) in [7, 11) is 6.05. The third-order valence-corrected chi connectivity index (χ3v) is 8.56. The maximum absolute atomic E-state index is 12.8. The van der Waals surface area contributed by atoms with Gasteiger partial charge in [-0.15, -0.1) is 0 Å². The maximum Gasteiger partial charge on any atom is 0.232 e. The Morgan fingerprint density at radius 3 is 2.31 bits per heavy atom. The van der Waals surface area contributed by atoms with Crippen LogP contribution in [0.4, 0.5) is 11.6 Å². The molecule has 0 bridgehead atoms. The number of nitrogens with zero attached hydrogens (tertiary/aromatic N) is 5. The smallest absolute Gasteiger partial charge is 0.232 e. The van der Waals surface area contributed by atoms with Crippen molar-refractivity contribution >= 4 is 17.5 Å². The number of rotatable bonds is 5. The summed E-state index contributed by atoms with van der Waals surface area (Å²) in [4.78, 5) is 27.6. The summed E-state index contributed by atoms with van der Waals surface area (Å²) < 4.78 is 5.37. The Morgan fingerprint density at radius 2 is 1.69 bits per heavy atom. The van der Waals surface area contributed by atoms with Crippen molar-refractivity contribution in [1.29, 1.82) is 0 Å². The fourth-order valence-electron chi connectivity index (χ4n) is 6.18. The molecule has 194 valence electrons. The first-order valence-electron chi connectivity index (χ1n) is 13.0. The van der Waals surface area contributed by atoms with Crippen LogP contribution < -0.4 is 15.1 Å². The molecule has 5 rings (SSSR count). The van der Waals surface area contributed by atoms with E-state index in [1.54, 1.807) is 19.4 Å². The molecule has 2 aliphatic heterocycles. The summed E-state index contributed by atoms with van der Waals surface area (Å²) in [6, 6.07) is 10.7. The second kappa shape index (κ2) is 10.0. The summed E-state index contributed by atoms with van der Waals surface area (Å²) in [5.74, 6) is 0.355. The van der Waals surface area contributed by atoms with Crippen molar-refractivity contribution < 1.29 is 14.6 Å². The predicted molar refractivity (Wildman–Crippen MR) is 138 cm³/mol. The number of aromatic nitrogens is 2. The molecule has 1 spiro atoms. The molecule has 1 atom stereocenters. The van der Waals surface area contributed by atoms with Crippen LogP contribution in [0.1, 0.15) is 44.1 Å². The first-order chi connectivity index (χ1) is 17.3. The van der Waals surface area contributed by atoms with Crippen LogP contribution in [0.3, 0.4) is 0 Å². The van der Waals surface area contributed by atoms with Gasteiger partial charge in [-0.2, -0.15) is 0 Å².